The lowest BCUT2D eigenvalue weighted by atomic mass is 9.90. The first kappa shape index (κ1) is 42.1. The third-order valence-corrected chi connectivity index (χ3v) is 9.53. The first-order valence-electron chi connectivity index (χ1n) is 19.4. The monoisotopic (exact) mass is 798 g/mol. The predicted octanol–water partition coefficient (Wildman–Crippen LogP) is 9.96. The maximum Gasteiger partial charge on any atom is 0.172 e. The van der Waals surface area contributed by atoms with Crippen LogP contribution in [0.5, 0.6) is 40.2 Å². The summed E-state index contributed by atoms with van der Waals surface area (Å²) in [5, 5.41) is 0. The van der Waals surface area contributed by atoms with Gasteiger partial charge in [0, 0.05) is 33.4 Å². The lowest BCUT2D eigenvalue weighted by Gasteiger charge is -2.24. The van der Waals surface area contributed by atoms with Gasteiger partial charge in [-0.2, -0.15) is 0 Å². The van der Waals surface area contributed by atoms with E-state index in [1.54, 1.807) is 43.5 Å². The number of methoxy groups -OCH3 is 1. The Bertz CT molecular complexity index is 2340. The fourth-order valence-electron chi connectivity index (χ4n) is 7.16. The van der Waals surface area contributed by atoms with E-state index in [2.05, 4.69) is 37.4 Å². The molecule has 5 aromatic rings. The fourth-order valence-corrected chi connectivity index (χ4v) is 7.16. The first-order valence-corrected chi connectivity index (χ1v) is 19.4. The number of aldehydes is 2. The maximum atomic E-state index is 12.0. The molecule has 0 saturated heterocycles. The van der Waals surface area contributed by atoms with Crippen molar-refractivity contribution in [3.8, 4) is 62.5 Å². The molecular weight excluding hydrogens is 749 g/mol. The summed E-state index contributed by atoms with van der Waals surface area (Å²) in [5.41, 5.74) is 9.38. The van der Waals surface area contributed by atoms with Crippen LogP contribution in [0, 0.1) is 27.7 Å². The molecule has 0 amide bonds. The lowest BCUT2D eigenvalue weighted by molar-refractivity contribution is 0.0756. The van der Waals surface area contributed by atoms with Crippen LogP contribution in [0.2, 0.25) is 0 Å². The van der Waals surface area contributed by atoms with Gasteiger partial charge in [-0.3, -0.25) is 9.59 Å². The molecule has 10 heteroatoms. The number of ether oxygens (including phenoxy) is 8. The Morgan fingerprint density at radius 3 is 1.58 bits per heavy atom. The molecule has 0 spiro atoms. The van der Waals surface area contributed by atoms with E-state index in [9.17, 15) is 9.59 Å². The summed E-state index contributed by atoms with van der Waals surface area (Å²) in [6, 6.07) is 21.2. The Morgan fingerprint density at radius 2 is 1.05 bits per heavy atom. The normalized spacial score (nSPS) is 12.3. The zero-order valence-corrected chi connectivity index (χ0v) is 34.3. The summed E-state index contributed by atoms with van der Waals surface area (Å²) in [7, 11) is 1.66. The molecule has 1 heterocycles. The van der Waals surface area contributed by atoms with E-state index in [0.717, 1.165) is 68.2 Å². The number of rotatable bonds is 15. The van der Waals surface area contributed by atoms with E-state index in [1.165, 1.54) is 0 Å². The minimum Gasteiger partial charge on any atom is -0.495 e. The van der Waals surface area contributed by atoms with E-state index in [0.29, 0.717) is 64.6 Å². The average molecular weight is 799 g/mol. The van der Waals surface area contributed by atoms with Gasteiger partial charge < -0.3 is 37.9 Å². The number of aryl methyl sites for hydroxylation is 4. The summed E-state index contributed by atoms with van der Waals surface area (Å²) < 4.78 is 50.1. The number of para-hydroxylation sites is 1. The highest BCUT2D eigenvalue weighted by Crippen LogP contribution is 2.48. The molecule has 59 heavy (non-hydrogen) atoms. The molecule has 6 rings (SSSR count). The van der Waals surface area contributed by atoms with E-state index in [4.69, 9.17) is 37.9 Å². The van der Waals surface area contributed by atoms with E-state index in [1.807, 2.05) is 45.9 Å². The summed E-state index contributed by atoms with van der Waals surface area (Å²) in [6.45, 7) is 17.2. The zero-order valence-electron chi connectivity index (χ0n) is 34.3. The highest BCUT2D eigenvalue weighted by Gasteiger charge is 2.25. The van der Waals surface area contributed by atoms with Gasteiger partial charge in [0.1, 0.15) is 56.9 Å². The predicted molar refractivity (Wildman–Crippen MR) is 228 cm³/mol. The van der Waals surface area contributed by atoms with Crippen LogP contribution < -0.4 is 33.2 Å². The molecule has 10 nitrogen and oxygen atoms in total. The Hall–Kier alpha value is -6.52. The minimum absolute atomic E-state index is 0.118. The van der Waals surface area contributed by atoms with Crippen molar-refractivity contribution in [3.05, 3.63) is 137 Å². The summed E-state index contributed by atoms with van der Waals surface area (Å²) in [6.07, 6.45) is 4.74. The third-order valence-electron chi connectivity index (χ3n) is 9.53. The smallest absolute Gasteiger partial charge is 0.172 e. The SMILES string of the molecule is C=CCOc1c(C=O)cccc1OCc1cc(C)cc2c1OCCOCCOc1c(COc3cc(C)cc(C=O)c3OCC=C)cc(C)cc1-c1cc(C)cc-2c1OC. The number of carbonyl (C=O) groups is 2. The van der Waals surface area contributed by atoms with Crippen LogP contribution in [0.4, 0.5) is 0 Å². The zero-order chi connectivity index (χ0) is 41.9. The van der Waals surface area contributed by atoms with Crippen molar-refractivity contribution < 1.29 is 47.5 Å². The molecule has 0 saturated carbocycles. The highest BCUT2D eigenvalue weighted by atomic mass is 16.6. The van der Waals surface area contributed by atoms with Crippen molar-refractivity contribution in [2.75, 3.05) is 46.8 Å². The summed E-state index contributed by atoms with van der Waals surface area (Å²) in [4.78, 5) is 23.9. The van der Waals surface area contributed by atoms with Gasteiger partial charge in [0.05, 0.1) is 31.5 Å². The Morgan fingerprint density at radius 1 is 0.559 bits per heavy atom. The molecular formula is C49H50O10. The number of carbonyl (C=O) groups excluding carboxylic acids is 2. The molecule has 306 valence electrons. The van der Waals surface area contributed by atoms with E-state index >= 15 is 0 Å². The molecule has 0 fully saturated rings. The summed E-state index contributed by atoms with van der Waals surface area (Å²) >= 11 is 0. The van der Waals surface area contributed by atoms with Crippen LogP contribution in [0.15, 0.2) is 92.0 Å². The topological polar surface area (TPSA) is 108 Å². The Labute approximate surface area is 345 Å². The number of benzene rings is 5. The quantitative estimate of drug-likeness (QED) is 0.0750. The van der Waals surface area contributed by atoms with E-state index in [-0.39, 0.29) is 39.6 Å². The van der Waals surface area contributed by atoms with Gasteiger partial charge in [-0.05, 0) is 111 Å². The lowest BCUT2D eigenvalue weighted by Crippen LogP contribution is -2.15. The molecule has 0 atom stereocenters. The number of hydrogen-bond donors (Lipinski definition) is 0. The van der Waals surface area contributed by atoms with Crippen LogP contribution >= 0.6 is 0 Å². The van der Waals surface area contributed by atoms with Crippen LogP contribution in [0.1, 0.15) is 54.1 Å². The first-order chi connectivity index (χ1) is 28.7. The van der Waals surface area contributed by atoms with Gasteiger partial charge in [0.15, 0.2) is 35.6 Å². The van der Waals surface area contributed by atoms with Crippen molar-refractivity contribution in [3.63, 3.8) is 0 Å². The average Bonchev–Trinajstić information content (AvgIpc) is 3.23. The molecule has 1 aliphatic rings. The largest absolute Gasteiger partial charge is 0.495 e. The third kappa shape index (κ3) is 9.79. The van der Waals surface area contributed by atoms with Crippen molar-refractivity contribution in [1.29, 1.82) is 0 Å². The van der Waals surface area contributed by atoms with Crippen molar-refractivity contribution in [2.45, 2.75) is 40.9 Å². The van der Waals surface area contributed by atoms with Crippen molar-refractivity contribution in [1.82, 2.24) is 0 Å². The highest BCUT2D eigenvalue weighted by molar-refractivity contribution is 5.89. The standard InChI is InChI=1S/C49H50O10/c1-8-13-54-47-35(27-50)11-10-12-43(47)58-29-37-20-31(3)22-39-41-24-34(6)25-42(49(41)52-7)40-23-32(4)21-38(46(40)57-18-16-53-15-17-56-45(37)39)30-59-44-26-33(5)19-36(28-51)48(44)55-14-9-2/h8-12,19-28H,1-2,13-18,29-30H2,3-7H3. The molecule has 0 aliphatic carbocycles. The minimum atomic E-state index is 0.118. The molecule has 0 N–H and O–H groups in total. The Kier molecular flexibility index (Phi) is 14.1. The van der Waals surface area contributed by atoms with Crippen molar-refractivity contribution in [2.24, 2.45) is 0 Å². The van der Waals surface area contributed by atoms with Gasteiger partial charge in [0.25, 0.3) is 0 Å². The molecule has 0 radical (unpaired) electrons. The molecule has 5 aromatic carbocycles. The second-order valence-electron chi connectivity index (χ2n) is 14.2. The number of fused-ring (bicyclic) bond motifs is 6. The Balaban J connectivity index is 1.47. The van der Waals surface area contributed by atoms with Crippen LogP contribution in [-0.2, 0) is 18.0 Å². The van der Waals surface area contributed by atoms with Gasteiger partial charge in [-0.25, -0.2) is 0 Å². The second-order valence-corrected chi connectivity index (χ2v) is 14.2. The summed E-state index contributed by atoms with van der Waals surface area (Å²) in [5.74, 6) is 3.41. The van der Waals surface area contributed by atoms with E-state index < -0.39 is 0 Å². The maximum absolute atomic E-state index is 12.0. The molecule has 2 bridgehead atoms. The molecule has 0 unspecified atom stereocenters. The van der Waals surface area contributed by atoms with Crippen LogP contribution in [-0.4, -0.2) is 59.3 Å². The van der Waals surface area contributed by atoms with Gasteiger partial charge in [0.2, 0.25) is 0 Å². The second kappa shape index (κ2) is 19.8. The van der Waals surface area contributed by atoms with Gasteiger partial charge >= 0.3 is 0 Å². The van der Waals surface area contributed by atoms with Gasteiger partial charge in [-0.15, -0.1) is 0 Å². The van der Waals surface area contributed by atoms with Crippen LogP contribution in [0.3, 0.4) is 0 Å². The molecule has 1 aliphatic heterocycles. The number of hydrogen-bond acceptors (Lipinski definition) is 10. The van der Waals surface area contributed by atoms with Gasteiger partial charge in [-0.1, -0.05) is 31.4 Å². The molecule has 0 aromatic heterocycles. The fraction of sp³-hybridized carbons (Fsp3) is 0.265. The van der Waals surface area contributed by atoms with Crippen molar-refractivity contribution >= 4 is 12.6 Å². The van der Waals surface area contributed by atoms with Crippen LogP contribution in [0.25, 0.3) is 22.3 Å².